The molecule has 3 fully saturated rings. The second-order valence-electron chi connectivity index (χ2n) is 7.47. The highest BCUT2D eigenvalue weighted by atomic mass is 16.6. The van der Waals surface area contributed by atoms with Crippen molar-refractivity contribution >= 4 is 11.9 Å². The lowest BCUT2D eigenvalue weighted by molar-refractivity contribution is -0.172. The van der Waals surface area contributed by atoms with Crippen molar-refractivity contribution in [3.05, 3.63) is 11.6 Å². The molecule has 3 heterocycles. The number of nitrogens with zero attached hydrogens (tertiary/aromatic N) is 1. The van der Waals surface area contributed by atoms with Crippen LogP contribution < -0.4 is 0 Å². The van der Waals surface area contributed by atoms with Crippen molar-refractivity contribution in [1.82, 2.24) is 4.90 Å². The first kappa shape index (κ1) is 17.4. The van der Waals surface area contributed by atoms with Crippen LogP contribution in [0.4, 0.5) is 0 Å². The number of esters is 2. The SMILES string of the molecule is C/C=C1/C[C@@H](C)[C@](C)(O)C(=O)OC[C@@H]2CCN3CC[C@H](OC1=O)[C@H]23. The lowest BCUT2D eigenvalue weighted by Gasteiger charge is -2.32. The van der Waals surface area contributed by atoms with E-state index in [1.807, 2.05) is 0 Å². The molecule has 3 saturated heterocycles. The Kier molecular flexibility index (Phi) is 4.71. The van der Waals surface area contributed by atoms with Gasteiger partial charge in [0.25, 0.3) is 0 Å². The van der Waals surface area contributed by atoms with Crippen LogP contribution in [-0.4, -0.2) is 59.4 Å². The van der Waals surface area contributed by atoms with E-state index >= 15 is 0 Å². The number of carbonyl (C=O) groups excluding carboxylic acids is 2. The minimum atomic E-state index is -1.62. The molecule has 3 rings (SSSR count). The molecule has 0 saturated carbocycles. The maximum Gasteiger partial charge on any atom is 0.338 e. The van der Waals surface area contributed by atoms with Crippen LogP contribution in [0.15, 0.2) is 11.6 Å². The van der Waals surface area contributed by atoms with Crippen molar-refractivity contribution in [3.8, 4) is 0 Å². The first-order valence-corrected chi connectivity index (χ1v) is 8.84. The quantitative estimate of drug-likeness (QED) is 0.530. The summed E-state index contributed by atoms with van der Waals surface area (Å²) in [5.74, 6) is -1.23. The summed E-state index contributed by atoms with van der Waals surface area (Å²) in [6.07, 6.45) is 3.59. The number of rotatable bonds is 0. The molecule has 1 N–H and O–H groups in total. The predicted octanol–water partition coefficient (Wildman–Crippen LogP) is 1.27. The van der Waals surface area contributed by atoms with Gasteiger partial charge < -0.3 is 14.6 Å². The van der Waals surface area contributed by atoms with Gasteiger partial charge in [-0.2, -0.15) is 0 Å². The van der Waals surface area contributed by atoms with E-state index in [2.05, 4.69) is 4.90 Å². The van der Waals surface area contributed by atoms with E-state index in [0.29, 0.717) is 5.57 Å². The van der Waals surface area contributed by atoms with Gasteiger partial charge in [0, 0.05) is 18.0 Å². The molecule has 0 bridgehead atoms. The lowest BCUT2D eigenvalue weighted by atomic mass is 9.85. The Morgan fingerprint density at radius 2 is 2.00 bits per heavy atom. The normalized spacial score (nSPS) is 42.9. The van der Waals surface area contributed by atoms with E-state index in [-0.39, 0.29) is 37.1 Å². The van der Waals surface area contributed by atoms with Crippen LogP contribution in [0.5, 0.6) is 0 Å². The van der Waals surface area contributed by atoms with E-state index in [4.69, 9.17) is 9.47 Å². The Labute approximate surface area is 142 Å². The summed E-state index contributed by atoms with van der Waals surface area (Å²) < 4.78 is 11.3. The van der Waals surface area contributed by atoms with Gasteiger partial charge >= 0.3 is 11.9 Å². The zero-order valence-electron chi connectivity index (χ0n) is 14.7. The maximum atomic E-state index is 12.6. The van der Waals surface area contributed by atoms with Crippen molar-refractivity contribution in [2.75, 3.05) is 19.7 Å². The fraction of sp³-hybridized carbons (Fsp3) is 0.778. The topological polar surface area (TPSA) is 76.1 Å². The number of hydrogen-bond acceptors (Lipinski definition) is 6. The highest BCUT2D eigenvalue weighted by molar-refractivity contribution is 5.89. The van der Waals surface area contributed by atoms with Gasteiger partial charge in [-0.3, -0.25) is 4.90 Å². The third kappa shape index (κ3) is 2.97. The highest BCUT2D eigenvalue weighted by Gasteiger charge is 2.48. The van der Waals surface area contributed by atoms with E-state index in [1.54, 1.807) is 19.9 Å². The predicted molar refractivity (Wildman–Crippen MR) is 87.1 cm³/mol. The minimum absolute atomic E-state index is 0.113. The van der Waals surface area contributed by atoms with Crippen LogP contribution in [0.3, 0.4) is 0 Å². The molecule has 24 heavy (non-hydrogen) atoms. The zero-order valence-corrected chi connectivity index (χ0v) is 14.7. The molecule has 134 valence electrons. The van der Waals surface area contributed by atoms with Crippen LogP contribution in [0, 0.1) is 11.8 Å². The molecular formula is C18H27NO5. The number of aliphatic hydroxyl groups is 1. The van der Waals surface area contributed by atoms with Crippen LogP contribution in [0.1, 0.15) is 40.0 Å². The van der Waals surface area contributed by atoms with E-state index in [0.717, 1.165) is 25.9 Å². The molecule has 5 atom stereocenters. The molecule has 0 radical (unpaired) electrons. The van der Waals surface area contributed by atoms with E-state index in [1.165, 1.54) is 6.92 Å². The lowest BCUT2D eigenvalue weighted by Crippen LogP contribution is -2.46. The molecule has 6 heteroatoms. The second-order valence-corrected chi connectivity index (χ2v) is 7.47. The Morgan fingerprint density at radius 1 is 1.29 bits per heavy atom. The molecule has 0 aliphatic carbocycles. The number of cyclic esters (lactones) is 1. The molecule has 3 aliphatic heterocycles. The molecule has 6 nitrogen and oxygen atoms in total. The molecular weight excluding hydrogens is 310 g/mol. The summed E-state index contributed by atoms with van der Waals surface area (Å²) in [6, 6.07) is 0.113. The second kappa shape index (κ2) is 6.48. The summed E-state index contributed by atoms with van der Waals surface area (Å²) in [5.41, 5.74) is -1.12. The van der Waals surface area contributed by atoms with Crippen molar-refractivity contribution < 1.29 is 24.2 Å². The van der Waals surface area contributed by atoms with Crippen LogP contribution in [0.25, 0.3) is 0 Å². The highest BCUT2D eigenvalue weighted by Crippen LogP contribution is 2.36. The first-order valence-electron chi connectivity index (χ1n) is 8.84. The number of ether oxygens (including phenoxy) is 2. The van der Waals surface area contributed by atoms with Crippen molar-refractivity contribution in [3.63, 3.8) is 0 Å². The van der Waals surface area contributed by atoms with Crippen molar-refractivity contribution in [2.24, 2.45) is 11.8 Å². The van der Waals surface area contributed by atoms with Gasteiger partial charge in [0.15, 0.2) is 5.60 Å². The Balaban J connectivity index is 1.89. The minimum Gasteiger partial charge on any atom is -0.463 e. The molecule has 3 aliphatic rings. The fourth-order valence-electron chi connectivity index (χ4n) is 4.11. The monoisotopic (exact) mass is 337 g/mol. The average molecular weight is 337 g/mol. The van der Waals surface area contributed by atoms with Gasteiger partial charge in [0.05, 0.1) is 12.6 Å². The van der Waals surface area contributed by atoms with Crippen molar-refractivity contribution in [1.29, 1.82) is 0 Å². The average Bonchev–Trinajstić information content (AvgIpc) is 3.12. The zero-order chi connectivity index (χ0) is 17.5. The van der Waals surface area contributed by atoms with E-state index in [9.17, 15) is 14.7 Å². The standard InChI is InChI=1S/C18H27NO5/c1-4-12-9-11(2)18(3,22)17(21)23-10-13-5-7-19-8-6-14(15(13)19)24-16(12)20/h4,11,13-15,22H,5-10H2,1-3H3/b12-4-/t11-,13+,14+,15+,18+/m1/s1. The van der Waals surface area contributed by atoms with Crippen LogP contribution in [0.2, 0.25) is 0 Å². The van der Waals surface area contributed by atoms with Gasteiger partial charge in [-0.05, 0) is 45.6 Å². The van der Waals surface area contributed by atoms with Gasteiger partial charge in [-0.1, -0.05) is 13.0 Å². The third-order valence-electron chi connectivity index (χ3n) is 5.97. The summed E-state index contributed by atoms with van der Waals surface area (Å²) in [7, 11) is 0. The number of carbonyl (C=O) groups is 2. The van der Waals surface area contributed by atoms with Crippen LogP contribution in [-0.2, 0) is 19.1 Å². The summed E-state index contributed by atoms with van der Waals surface area (Å²) >= 11 is 0. The molecule has 0 unspecified atom stereocenters. The Bertz CT molecular complexity index is 556. The van der Waals surface area contributed by atoms with Gasteiger partial charge in [0.2, 0.25) is 0 Å². The Morgan fingerprint density at radius 3 is 2.71 bits per heavy atom. The van der Waals surface area contributed by atoms with Gasteiger partial charge in [-0.25, -0.2) is 9.59 Å². The Hall–Kier alpha value is -1.40. The smallest absolute Gasteiger partial charge is 0.338 e. The molecule has 0 aromatic rings. The molecule has 0 spiro atoms. The summed E-state index contributed by atoms with van der Waals surface area (Å²) in [4.78, 5) is 27.3. The number of allylic oxidation sites excluding steroid dienone is 1. The third-order valence-corrected chi connectivity index (χ3v) is 5.97. The first-order chi connectivity index (χ1) is 11.3. The van der Waals surface area contributed by atoms with Gasteiger partial charge in [-0.15, -0.1) is 0 Å². The molecule has 0 aromatic heterocycles. The molecule has 0 amide bonds. The summed E-state index contributed by atoms with van der Waals surface area (Å²) in [5, 5.41) is 10.6. The fourth-order valence-corrected chi connectivity index (χ4v) is 4.11. The van der Waals surface area contributed by atoms with Gasteiger partial charge in [0.1, 0.15) is 6.10 Å². The summed E-state index contributed by atoms with van der Waals surface area (Å²) in [6.45, 7) is 7.11. The molecule has 0 aromatic carbocycles. The van der Waals surface area contributed by atoms with Crippen LogP contribution >= 0.6 is 0 Å². The maximum absolute atomic E-state index is 12.6. The number of hydrogen-bond donors (Lipinski definition) is 1. The van der Waals surface area contributed by atoms with Crippen molar-refractivity contribution in [2.45, 2.75) is 57.8 Å². The van der Waals surface area contributed by atoms with E-state index < -0.39 is 17.5 Å². The largest absolute Gasteiger partial charge is 0.463 e.